The van der Waals surface area contributed by atoms with Crippen LogP contribution in [0.15, 0.2) is 75.6 Å². The summed E-state index contributed by atoms with van der Waals surface area (Å²) < 4.78 is 7.27. The second-order valence-electron chi connectivity index (χ2n) is 5.36. The van der Waals surface area contributed by atoms with E-state index >= 15 is 0 Å². The van der Waals surface area contributed by atoms with Gasteiger partial charge in [0.15, 0.2) is 17.3 Å². The number of nitrogens with zero attached hydrogens (tertiary/aromatic N) is 4. The van der Waals surface area contributed by atoms with E-state index in [1.165, 1.54) is 0 Å². The Morgan fingerprint density at radius 3 is 2.80 bits per heavy atom. The zero-order valence-electron chi connectivity index (χ0n) is 13.0. The van der Waals surface area contributed by atoms with E-state index in [-0.39, 0.29) is 6.61 Å². The minimum Gasteiger partial charge on any atom is -0.463 e. The Kier molecular flexibility index (Phi) is 4.05. The third-order valence-electron chi connectivity index (χ3n) is 3.67. The molecule has 25 heavy (non-hydrogen) atoms. The van der Waals surface area contributed by atoms with Gasteiger partial charge in [0.05, 0.1) is 18.6 Å². The summed E-state index contributed by atoms with van der Waals surface area (Å²) in [7, 11) is 0. The third-order valence-corrected chi connectivity index (χ3v) is 3.91. The lowest BCUT2D eigenvalue weighted by Crippen LogP contribution is -1.88. The van der Waals surface area contributed by atoms with Crippen molar-refractivity contribution in [2.24, 2.45) is 10.2 Å². The highest BCUT2D eigenvalue weighted by atomic mass is 35.5. The lowest BCUT2D eigenvalue weighted by molar-refractivity contribution is 0.282. The predicted octanol–water partition coefficient (Wildman–Crippen LogP) is 5.16. The van der Waals surface area contributed by atoms with Crippen molar-refractivity contribution in [1.29, 1.82) is 0 Å². The van der Waals surface area contributed by atoms with E-state index < -0.39 is 0 Å². The molecule has 0 fully saturated rings. The molecule has 124 valence electrons. The number of furan rings is 1. The van der Waals surface area contributed by atoms with E-state index in [9.17, 15) is 5.11 Å². The van der Waals surface area contributed by atoms with Gasteiger partial charge in [-0.2, -0.15) is 0 Å². The number of aromatic nitrogens is 2. The van der Waals surface area contributed by atoms with E-state index in [2.05, 4.69) is 15.2 Å². The number of fused-ring (bicyclic) bond motifs is 1. The maximum atomic E-state index is 9.33. The summed E-state index contributed by atoms with van der Waals surface area (Å²) in [6, 6.07) is 14.3. The topological polar surface area (TPSA) is 75.4 Å². The van der Waals surface area contributed by atoms with Crippen molar-refractivity contribution in [3.8, 4) is 11.5 Å². The number of benzene rings is 1. The van der Waals surface area contributed by atoms with Gasteiger partial charge in [-0.25, -0.2) is 4.98 Å². The van der Waals surface area contributed by atoms with Crippen LogP contribution in [0.25, 0.3) is 17.1 Å². The van der Waals surface area contributed by atoms with Crippen LogP contribution in [-0.4, -0.2) is 14.5 Å². The van der Waals surface area contributed by atoms with E-state index in [4.69, 9.17) is 16.0 Å². The van der Waals surface area contributed by atoms with Gasteiger partial charge in [-0.1, -0.05) is 17.7 Å². The lowest BCUT2D eigenvalue weighted by atomic mass is 10.3. The molecule has 0 saturated carbocycles. The summed E-state index contributed by atoms with van der Waals surface area (Å²) in [4.78, 5) is 4.57. The molecule has 1 aromatic carbocycles. The number of aliphatic hydroxyl groups excluding tert-OH is 1. The first-order chi connectivity index (χ1) is 12.2. The third kappa shape index (κ3) is 3.05. The lowest BCUT2D eigenvalue weighted by Gasteiger charge is -1.99. The van der Waals surface area contributed by atoms with Crippen molar-refractivity contribution < 1.29 is 9.52 Å². The molecule has 0 aliphatic heterocycles. The van der Waals surface area contributed by atoms with E-state index in [0.717, 1.165) is 5.56 Å². The quantitative estimate of drug-likeness (QED) is 0.516. The summed E-state index contributed by atoms with van der Waals surface area (Å²) in [6.45, 7) is -0.0567. The van der Waals surface area contributed by atoms with Gasteiger partial charge in [0.2, 0.25) is 0 Å². The molecule has 1 N–H and O–H groups in total. The first-order valence-electron chi connectivity index (χ1n) is 7.57. The maximum absolute atomic E-state index is 9.33. The van der Waals surface area contributed by atoms with Crippen molar-refractivity contribution >= 4 is 28.8 Å². The molecular formula is C18H13ClN4O2. The molecule has 0 unspecified atom stereocenters. The summed E-state index contributed by atoms with van der Waals surface area (Å²) >= 11 is 5.99. The number of aliphatic hydroxyl groups is 1. The minimum absolute atomic E-state index is 0.0567. The molecule has 0 bridgehead atoms. The van der Waals surface area contributed by atoms with Gasteiger partial charge >= 0.3 is 0 Å². The van der Waals surface area contributed by atoms with Gasteiger partial charge in [0.1, 0.15) is 5.65 Å². The highest BCUT2D eigenvalue weighted by molar-refractivity contribution is 6.30. The molecule has 0 saturated heterocycles. The maximum Gasteiger partial charge on any atom is 0.190 e. The second kappa shape index (κ2) is 6.51. The van der Waals surface area contributed by atoms with E-state index in [0.29, 0.717) is 33.6 Å². The molecule has 3 heterocycles. The fourth-order valence-electron chi connectivity index (χ4n) is 2.49. The van der Waals surface area contributed by atoms with Gasteiger partial charge in [0, 0.05) is 11.2 Å². The van der Waals surface area contributed by atoms with Crippen molar-refractivity contribution in [3.05, 3.63) is 71.6 Å². The normalized spacial score (nSPS) is 11.6. The average Bonchev–Trinajstić information content (AvgIpc) is 3.27. The molecule has 0 amide bonds. The molecule has 0 atom stereocenters. The Bertz CT molecular complexity index is 1050. The van der Waals surface area contributed by atoms with Crippen LogP contribution in [0.2, 0.25) is 5.02 Å². The van der Waals surface area contributed by atoms with Crippen molar-refractivity contribution in [2.45, 2.75) is 6.61 Å². The van der Waals surface area contributed by atoms with Crippen molar-refractivity contribution in [3.63, 3.8) is 0 Å². The van der Waals surface area contributed by atoms with Crippen LogP contribution in [-0.2, 0) is 6.61 Å². The van der Waals surface area contributed by atoms with Crippen LogP contribution in [0.4, 0.5) is 11.5 Å². The number of imidazole rings is 1. The summed E-state index contributed by atoms with van der Waals surface area (Å²) in [5.74, 6) is 1.13. The van der Waals surface area contributed by atoms with Gasteiger partial charge in [0.25, 0.3) is 0 Å². The van der Waals surface area contributed by atoms with Crippen LogP contribution < -0.4 is 0 Å². The molecule has 7 heteroatoms. The van der Waals surface area contributed by atoms with Crippen LogP contribution >= 0.6 is 11.6 Å². The van der Waals surface area contributed by atoms with Crippen molar-refractivity contribution in [2.75, 3.05) is 0 Å². The Balaban J connectivity index is 1.86. The molecular weight excluding hydrogens is 340 g/mol. The first-order valence-corrected chi connectivity index (χ1v) is 7.95. The fraction of sp³-hybridized carbons (Fsp3) is 0.0556. The second-order valence-corrected chi connectivity index (χ2v) is 5.80. The Labute approximate surface area is 148 Å². The summed E-state index contributed by atoms with van der Waals surface area (Å²) in [5, 5.41) is 18.5. The molecule has 0 radical (unpaired) electrons. The largest absolute Gasteiger partial charge is 0.463 e. The standard InChI is InChI=1S/C18H13ClN4O2/c19-13-3-1-4-14(10-13)21-22-18-17(15-5-2-8-25-15)20-16-9-12(11-24)6-7-23(16)18/h1-10,24H,11H2. The van der Waals surface area contributed by atoms with Crippen LogP contribution in [0, 0.1) is 0 Å². The smallest absolute Gasteiger partial charge is 0.190 e. The summed E-state index contributed by atoms with van der Waals surface area (Å²) in [6.07, 6.45) is 3.38. The Hall–Kier alpha value is -2.96. The average molecular weight is 353 g/mol. The number of halogens is 1. The van der Waals surface area contributed by atoms with Crippen molar-refractivity contribution in [1.82, 2.24) is 9.38 Å². The van der Waals surface area contributed by atoms with E-state index in [1.807, 2.05) is 18.2 Å². The highest BCUT2D eigenvalue weighted by Crippen LogP contribution is 2.33. The zero-order chi connectivity index (χ0) is 17.2. The SMILES string of the molecule is OCc1ccn2c(N=Nc3cccc(Cl)c3)c(-c3ccco3)nc2c1. The summed E-state index contributed by atoms with van der Waals surface area (Å²) in [5.41, 5.74) is 2.63. The molecule has 0 spiro atoms. The minimum atomic E-state index is -0.0567. The van der Waals surface area contributed by atoms with Gasteiger partial charge in [-0.15, -0.1) is 10.2 Å². The predicted molar refractivity (Wildman–Crippen MR) is 94.4 cm³/mol. The molecule has 4 aromatic rings. The highest BCUT2D eigenvalue weighted by Gasteiger charge is 2.16. The molecule has 0 aliphatic carbocycles. The number of hydrogen-bond acceptors (Lipinski definition) is 5. The van der Waals surface area contributed by atoms with Gasteiger partial charge in [-0.05, 0) is 48.0 Å². The number of pyridine rings is 1. The molecule has 3 aromatic heterocycles. The zero-order valence-corrected chi connectivity index (χ0v) is 13.8. The number of azo groups is 1. The Morgan fingerprint density at radius 2 is 2.04 bits per heavy atom. The van der Waals surface area contributed by atoms with Crippen LogP contribution in [0.5, 0.6) is 0 Å². The van der Waals surface area contributed by atoms with Gasteiger partial charge < -0.3 is 9.52 Å². The molecule has 6 nitrogen and oxygen atoms in total. The first kappa shape index (κ1) is 15.6. The molecule has 0 aliphatic rings. The monoisotopic (exact) mass is 352 g/mol. The Morgan fingerprint density at radius 1 is 1.12 bits per heavy atom. The van der Waals surface area contributed by atoms with Crippen LogP contribution in [0.3, 0.4) is 0 Å². The number of rotatable bonds is 4. The van der Waals surface area contributed by atoms with Gasteiger partial charge in [-0.3, -0.25) is 4.40 Å². The number of hydrogen-bond donors (Lipinski definition) is 1. The fourth-order valence-corrected chi connectivity index (χ4v) is 2.67. The van der Waals surface area contributed by atoms with E-state index in [1.54, 1.807) is 47.2 Å². The molecule has 4 rings (SSSR count). The van der Waals surface area contributed by atoms with Crippen LogP contribution in [0.1, 0.15) is 5.56 Å².